The molecule has 1 amide bonds. The predicted octanol–water partition coefficient (Wildman–Crippen LogP) is 0.834. The number of rotatable bonds is 3. The maximum Gasteiger partial charge on any atom is 0.223 e. The maximum absolute atomic E-state index is 11.2. The van der Waals surface area contributed by atoms with Crippen molar-refractivity contribution in [1.82, 2.24) is 4.90 Å². The number of Topliss-reactive ketones (excluding diaryl/α,β-unsaturated/α-hetero) is 1. The second kappa shape index (κ2) is 3.70. The zero-order chi connectivity index (χ0) is 9.14. The Morgan fingerprint density at radius 1 is 1.58 bits per heavy atom. The molecule has 3 nitrogen and oxygen atoms in total. The van der Waals surface area contributed by atoms with Gasteiger partial charge in [0.15, 0.2) is 0 Å². The van der Waals surface area contributed by atoms with E-state index in [0.29, 0.717) is 19.4 Å². The molecule has 1 heterocycles. The van der Waals surface area contributed by atoms with Gasteiger partial charge in [0.2, 0.25) is 5.91 Å². The second-order valence-electron chi connectivity index (χ2n) is 3.15. The lowest BCUT2D eigenvalue weighted by Crippen LogP contribution is -2.25. The van der Waals surface area contributed by atoms with Crippen LogP contribution in [0.1, 0.15) is 26.7 Å². The van der Waals surface area contributed by atoms with Crippen LogP contribution in [0.2, 0.25) is 0 Å². The van der Waals surface area contributed by atoms with Gasteiger partial charge in [0, 0.05) is 31.8 Å². The SMILES string of the molecule is CCC(=O)C1CC(=O)N(CC)C1. The van der Waals surface area contributed by atoms with Gasteiger partial charge in [-0.2, -0.15) is 0 Å². The highest BCUT2D eigenvalue weighted by Gasteiger charge is 2.31. The van der Waals surface area contributed by atoms with Gasteiger partial charge >= 0.3 is 0 Å². The number of carbonyl (C=O) groups is 2. The summed E-state index contributed by atoms with van der Waals surface area (Å²) in [5.41, 5.74) is 0. The van der Waals surface area contributed by atoms with Gasteiger partial charge in [-0.1, -0.05) is 6.92 Å². The average molecular weight is 169 g/mol. The van der Waals surface area contributed by atoms with Crippen molar-refractivity contribution in [3.8, 4) is 0 Å². The lowest BCUT2D eigenvalue weighted by atomic mass is 10.0. The Bertz CT molecular complexity index is 199. The standard InChI is InChI=1S/C9H15NO2/c1-3-8(11)7-5-9(12)10(4-2)6-7/h7H,3-6H2,1-2H3. The summed E-state index contributed by atoms with van der Waals surface area (Å²) in [5, 5.41) is 0. The molecular weight excluding hydrogens is 154 g/mol. The third kappa shape index (κ3) is 1.65. The monoisotopic (exact) mass is 169 g/mol. The molecule has 68 valence electrons. The summed E-state index contributed by atoms with van der Waals surface area (Å²) in [6, 6.07) is 0. The Morgan fingerprint density at radius 3 is 2.67 bits per heavy atom. The van der Waals surface area contributed by atoms with Gasteiger partial charge in [0.05, 0.1) is 0 Å². The minimum absolute atomic E-state index is 0.0255. The summed E-state index contributed by atoms with van der Waals surface area (Å²) in [5.74, 6) is 0.325. The first kappa shape index (κ1) is 9.23. The molecule has 1 unspecified atom stereocenters. The zero-order valence-electron chi connectivity index (χ0n) is 7.67. The van der Waals surface area contributed by atoms with Crippen molar-refractivity contribution in [2.24, 2.45) is 5.92 Å². The molecule has 12 heavy (non-hydrogen) atoms. The van der Waals surface area contributed by atoms with E-state index in [1.54, 1.807) is 4.90 Å². The molecule has 1 aliphatic heterocycles. The van der Waals surface area contributed by atoms with Crippen molar-refractivity contribution in [2.45, 2.75) is 26.7 Å². The molecule has 1 rings (SSSR count). The van der Waals surface area contributed by atoms with E-state index in [1.807, 2.05) is 13.8 Å². The van der Waals surface area contributed by atoms with E-state index >= 15 is 0 Å². The summed E-state index contributed by atoms with van der Waals surface area (Å²) >= 11 is 0. The van der Waals surface area contributed by atoms with Gasteiger partial charge in [-0.05, 0) is 6.92 Å². The second-order valence-corrected chi connectivity index (χ2v) is 3.15. The van der Waals surface area contributed by atoms with Crippen LogP contribution in [0.5, 0.6) is 0 Å². The van der Waals surface area contributed by atoms with Gasteiger partial charge < -0.3 is 4.90 Å². The maximum atomic E-state index is 11.2. The lowest BCUT2D eigenvalue weighted by molar-refractivity contribution is -0.128. The molecule has 1 aliphatic rings. The van der Waals surface area contributed by atoms with E-state index in [4.69, 9.17) is 0 Å². The molecule has 0 aromatic heterocycles. The fourth-order valence-corrected chi connectivity index (χ4v) is 1.58. The van der Waals surface area contributed by atoms with Crippen molar-refractivity contribution >= 4 is 11.7 Å². The number of carbonyl (C=O) groups excluding carboxylic acids is 2. The molecule has 0 aromatic rings. The number of hydrogen-bond acceptors (Lipinski definition) is 2. The fraction of sp³-hybridized carbons (Fsp3) is 0.778. The molecule has 0 spiro atoms. The van der Waals surface area contributed by atoms with E-state index in [9.17, 15) is 9.59 Å². The third-order valence-corrected chi connectivity index (χ3v) is 2.40. The molecule has 1 saturated heterocycles. The minimum Gasteiger partial charge on any atom is -0.342 e. The van der Waals surface area contributed by atoms with Crippen LogP contribution in [-0.2, 0) is 9.59 Å². The largest absolute Gasteiger partial charge is 0.342 e. The molecular formula is C9H15NO2. The van der Waals surface area contributed by atoms with Crippen LogP contribution >= 0.6 is 0 Å². The van der Waals surface area contributed by atoms with Crippen LogP contribution in [0.25, 0.3) is 0 Å². The van der Waals surface area contributed by atoms with Crippen molar-refractivity contribution in [1.29, 1.82) is 0 Å². The summed E-state index contributed by atoms with van der Waals surface area (Å²) in [6.07, 6.45) is 0.982. The first-order valence-corrected chi connectivity index (χ1v) is 4.49. The van der Waals surface area contributed by atoms with Gasteiger partial charge in [0.1, 0.15) is 5.78 Å². The number of hydrogen-bond donors (Lipinski definition) is 0. The normalized spacial score (nSPS) is 23.3. The Balaban J connectivity index is 2.54. The topological polar surface area (TPSA) is 37.4 Å². The third-order valence-electron chi connectivity index (χ3n) is 2.40. The van der Waals surface area contributed by atoms with Crippen LogP contribution in [0.3, 0.4) is 0 Å². The average Bonchev–Trinajstić information content (AvgIpc) is 2.45. The van der Waals surface area contributed by atoms with Crippen LogP contribution in [0.4, 0.5) is 0 Å². The van der Waals surface area contributed by atoms with Crippen LogP contribution < -0.4 is 0 Å². The van der Waals surface area contributed by atoms with Gasteiger partial charge in [-0.25, -0.2) is 0 Å². The van der Waals surface area contributed by atoms with E-state index in [-0.39, 0.29) is 17.6 Å². The predicted molar refractivity (Wildman–Crippen MR) is 45.7 cm³/mol. The van der Waals surface area contributed by atoms with Crippen molar-refractivity contribution in [3.05, 3.63) is 0 Å². The summed E-state index contributed by atoms with van der Waals surface area (Å²) in [7, 11) is 0. The lowest BCUT2D eigenvalue weighted by Gasteiger charge is -2.12. The molecule has 3 heteroatoms. The Morgan fingerprint density at radius 2 is 2.25 bits per heavy atom. The Hall–Kier alpha value is -0.860. The van der Waals surface area contributed by atoms with Gasteiger partial charge in [-0.15, -0.1) is 0 Å². The molecule has 0 saturated carbocycles. The quantitative estimate of drug-likeness (QED) is 0.627. The van der Waals surface area contributed by atoms with Crippen molar-refractivity contribution in [3.63, 3.8) is 0 Å². The molecule has 0 radical (unpaired) electrons. The summed E-state index contributed by atoms with van der Waals surface area (Å²) in [6.45, 7) is 5.16. The number of likely N-dealkylation sites (tertiary alicyclic amines) is 1. The van der Waals surface area contributed by atoms with Crippen LogP contribution in [0.15, 0.2) is 0 Å². The molecule has 0 bridgehead atoms. The van der Waals surface area contributed by atoms with E-state index in [1.165, 1.54) is 0 Å². The molecule has 1 fully saturated rings. The van der Waals surface area contributed by atoms with Gasteiger partial charge in [-0.3, -0.25) is 9.59 Å². The molecule has 0 aliphatic carbocycles. The van der Waals surface area contributed by atoms with Crippen LogP contribution in [-0.4, -0.2) is 29.7 Å². The zero-order valence-corrected chi connectivity index (χ0v) is 7.67. The molecule has 0 aromatic carbocycles. The smallest absolute Gasteiger partial charge is 0.223 e. The Kier molecular flexibility index (Phi) is 2.84. The molecule has 0 N–H and O–H groups in total. The highest BCUT2D eigenvalue weighted by atomic mass is 16.2. The van der Waals surface area contributed by atoms with Crippen molar-refractivity contribution in [2.75, 3.05) is 13.1 Å². The summed E-state index contributed by atoms with van der Waals surface area (Å²) < 4.78 is 0. The number of amides is 1. The minimum atomic E-state index is -0.0255. The van der Waals surface area contributed by atoms with Gasteiger partial charge in [0.25, 0.3) is 0 Å². The fourth-order valence-electron chi connectivity index (χ4n) is 1.58. The number of nitrogens with zero attached hydrogens (tertiary/aromatic N) is 1. The highest BCUT2D eigenvalue weighted by Crippen LogP contribution is 2.18. The Labute approximate surface area is 72.7 Å². The summed E-state index contributed by atoms with van der Waals surface area (Å²) in [4.78, 5) is 24.2. The first-order chi connectivity index (χ1) is 5.69. The van der Waals surface area contributed by atoms with E-state index in [0.717, 1.165) is 6.54 Å². The van der Waals surface area contributed by atoms with E-state index < -0.39 is 0 Å². The van der Waals surface area contributed by atoms with Crippen molar-refractivity contribution < 1.29 is 9.59 Å². The number of ketones is 1. The van der Waals surface area contributed by atoms with E-state index in [2.05, 4.69) is 0 Å². The first-order valence-electron chi connectivity index (χ1n) is 4.49. The van der Waals surface area contributed by atoms with Crippen LogP contribution in [0, 0.1) is 5.92 Å². The molecule has 1 atom stereocenters. The highest BCUT2D eigenvalue weighted by molar-refractivity contribution is 5.90.